The number of nitrogens with one attached hydrogen (secondary N) is 1. The van der Waals surface area contributed by atoms with Crippen molar-refractivity contribution in [3.63, 3.8) is 0 Å². The fraction of sp³-hybridized carbons (Fsp3) is 0.0909. The molecule has 18 heavy (non-hydrogen) atoms. The fourth-order valence-corrected chi connectivity index (χ4v) is 1.88. The number of rotatable bonds is 3. The Balaban J connectivity index is 2.08. The molecule has 0 aliphatic rings. The first kappa shape index (κ1) is 13.2. The average Bonchev–Trinajstić information content (AvgIpc) is 2.29. The minimum atomic E-state index is 0.124. The third kappa shape index (κ3) is 3.38. The van der Waals surface area contributed by atoms with E-state index in [4.69, 9.17) is 40.5 Å². The molecule has 0 radical (unpaired) electrons. The predicted molar refractivity (Wildman–Crippen MR) is 75.2 cm³/mol. The molecule has 0 amide bonds. The Hall–Kier alpha value is -1.23. The van der Waals surface area contributed by atoms with Gasteiger partial charge in [-0.1, -0.05) is 40.9 Å². The number of nitrogen functional groups attached to an aromatic ring is 1. The van der Waals surface area contributed by atoms with E-state index in [1.54, 1.807) is 18.2 Å². The van der Waals surface area contributed by atoms with Gasteiger partial charge in [-0.3, -0.25) is 0 Å². The van der Waals surface area contributed by atoms with E-state index in [0.717, 1.165) is 5.56 Å². The smallest absolute Gasteiger partial charge is 0.223 e. The number of nitrogens with two attached hydrogens (primary N) is 1. The van der Waals surface area contributed by atoms with Crippen LogP contribution in [0.4, 0.5) is 11.8 Å². The summed E-state index contributed by atoms with van der Waals surface area (Å²) in [7, 11) is 0. The van der Waals surface area contributed by atoms with Crippen LogP contribution in [0.5, 0.6) is 0 Å². The maximum Gasteiger partial charge on any atom is 0.223 e. The van der Waals surface area contributed by atoms with Crippen LogP contribution in [0, 0.1) is 0 Å². The molecule has 1 aromatic carbocycles. The number of halogens is 3. The van der Waals surface area contributed by atoms with E-state index in [-0.39, 0.29) is 5.95 Å². The highest BCUT2D eigenvalue weighted by molar-refractivity contribution is 6.42. The van der Waals surface area contributed by atoms with Crippen LogP contribution in [0.25, 0.3) is 0 Å². The number of anilines is 2. The van der Waals surface area contributed by atoms with Gasteiger partial charge >= 0.3 is 0 Å². The lowest BCUT2D eigenvalue weighted by molar-refractivity contribution is 1.09. The van der Waals surface area contributed by atoms with Crippen molar-refractivity contribution in [2.75, 3.05) is 11.1 Å². The number of aromatic nitrogens is 2. The molecular formula is C11H9Cl3N4. The molecule has 2 rings (SSSR count). The lowest BCUT2D eigenvalue weighted by Crippen LogP contribution is -2.04. The summed E-state index contributed by atoms with van der Waals surface area (Å²) in [5.41, 5.74) is 6.46. The van der Waals surface area contributed by atoms with Crippen LogP contribution in [-0.4, -0.2) is 9.97 Å². The number of nitrogens with zero attached hydrogens (tertiary/aromatic N) is 2. The average molecular weight is 304 g/mol. The largest absolute Gasteiger partial charge is 0.368 e. The zero-order chi connectivity index (χ0) is 13.1. The summed E-state index contributed by atoms with van der Waals surface area (Å²) >= 11 is 17.5. The Morgan fingerprint density at radius 3 is 2.50 bits per heavy atom. The summed E-state index contributed by atoms with van der Waals surface area (Å²) in [6, 6.07) is 6.98. The van der Waals surface area contributed by atoms with Gasteiger partial charge in [-0.05, 0) is 17.7 Å². The Labute approximate surface area is 119 Å². The summed E-state index contributed by atoms with van der Waals surface area (Å²) in [5.74, 6) is 0.678. The molecule has 0 unspecified atom stereocenters. The van der Waals surface area contributed by atoms with Crippen LogP contribution in [0.1, 0.15) is 5.56 Å². The summed E-state index contributed by atoms with van der Waals surface area (Å²) in [5, 5.41) is 4.40. The van der Waals surface area contributed by atoms with Crippen LogP contribution in [0.3, 0.4) is 0 Å². The van der Waals surface area contributed by atoms with Crippen LogP contribution in [0.2, 0.25) is 15.2 Å². The number of benzene rings is 1. The van der Waals surface area contributed by atoms with E-state index < -0.39 is 0 Å². The van der Waals surface area contributed by atoms with Crippen molar-refractivity contribution in [1.29, 1.82) is 0 Å². The highest BCUT2D eigenvalue weighted by Gasteiger charge is 2.02. The van der Waals surface area contributed by atoms with Crippen LogP contribution in [0.15, 0.2) is 24.3 Å². The third-order valence-corrected chi connectivity index (χ3v) is 3.10. The minimum absolute atomic E-state index is 0.124. The second-order valence-corrected chi connectivity index (χ2v) is 4.74. The van der Waals surface area contributed by atoms with Gasteiger partial charge < -0.3 is 11.1 Å². The molecule has 3 N–H and O–H groups in total. The molecular weight excluding hydrogens is 295 g/mol. The molecule has 0 spiro atoms. The van der Waals surface area contributed by atoms with Crippen molar-refractivity contribution in [2.24, 2.45) is 0 Å². The molecule has 0 fully saturated rings. The topological polar surface area (TPSA) is 63.8 Å². The van der Waals surface area contributed by atoms with Gasteiger partial charge in [-0.15, -0.1) is 0 Å². The van der Waals surface area contributed by atoms with Crippen molar-refractivity contribution in [1.82, 2.24) is 9.97 Å². The second kappa shape index (κ2) is 5.61. The van der Waals surface area contributed by atoms with E-state index >= 15 is 0 Å². The lowest BCUT2D eigenvalue weighted by atomic mass is 10.2. The first-order chi connectivity index (χ1) is 8.54. The fourth-order valence-electron chi connectivity index (χ4n) is 1.37. The number of hydrogen-bond acceptors (Lipinski definition) is 4. The van der Waals surface area contributed by atoms with Gasteiger partial charge in [0.2, 0.25) is 5.95 Å². The summed E-state index contributed by atoms with van der Waals surface area (Å²) < 4.78 is 0. The van der Waals surface area contributed by atoms with Crippen LogP contribution < -0.4 is 11.1 Å². The Kier molecular flexibility index (Phi) is 4.11. The summed E-state index contributed by atoms with van der Waals surface area (Å²) in [4.78, 5) is 7.77. The van der Waals surface area contributed by atoms with Crippen molar-refractivity contribution in [3.8, 4) is 0 Å². The van der Waals surface area contributed by atoms with Gasteiger partial charge in [0.1, 0.15) is 11.0 Å². The quantitative estimate of drug-likeness (QED) is 0.850. The minimum Gasteiger partial charge on any atom is -0.368 e. The van der Waals surface area contributed by atoms with E-state index in [1.165, 1.54) is 0 Å². The standard InChI is InChI=1S/C11H9Cl3N4/c12-7-2-1-6(3-8(7)13)5-16-10-4-9(14)17-11(15)18-10/h1-4H,5H2,(H3,15,16,17,18). The molecule has 0 aliphatic carbocycles. The molecule has 0 atom stereocenters. The normalized spacial score (nSPS) is 10.4. The monoisotopic (exact) mass is 302 g/mol. The SMILES string of the molecule is Nc1nc(Cl)cc(NCc2ccc(Cl)c(Cl)c2)n1. The molecule has 1 heterocycles. The van der Waals surface area contributed by atoms with Gasteiger partial charge in [0.15, 0.2) is 0 Å². The Morgan fingerprint density at radius 2 is 1.83 bits per heavy atom. The van der Waals surface area contributed by atoms with Crippen molar-refractivity contribution in [3.05, 3.63) is 45.0 Å². The van der Waals surface area contributed by atoms with Crippen molar-refractivity contribution < 1.29 is 0 Å². The van der Waals surface area contributed by atoms with Crippen molar-refractivity contribution >= 4 is 46.6 Å². The predicted octanol–water partition coefficient (Wildman–Crippen LogP) is 3.63. The maximum atomic E-state index is 5.92. The molecule has 4 nitrogen and oxygen atoms in total. The highest BCUT2D eigenvalue weighted by atomic mass is 35.5. The molecule has 0 saturated heterocycles. The van der Waals surface area contributed by atoms with Gasteiger partial charge in [-0.2, -0.15) is 4.98 Å². The number of hydrogen-bond donors (Lipinski definition) is 2. The van der Waals surface area contributed by atoms with Gasteiger partial charge in [0, 0.05) is 12.6 Å². The molecule has 94 valence electrons. The molecule has 1 aromatic heterocycles. The van der Waals surface area contributed by atoms with E-state index in [1.807, 2.05) is 6.07 Å². The van der Waals surface area contributed by atoms with E-state index in [0.29, 0.717) is 27.6 Å². The third-order valence-electron chi connectivity index (χ3n) is 2.17. The molecule has 0 aliphatic heterocycles. The first-order valence-corrected chi connectivity index (χ1v) is 6.16. The zero-order valence-electron chi connectivity index (χ0n) is 9.12. The second-order valence-electron chi connectivity index (χ2n) is 3.54. The molecule has 0 bridgehead atoms. The highest BCUT2D eigenvalue weighted by Crippen LogP contribution is 2.23. The molecule has 0 saturated carbocycles. The molecule has 2 aromatic rings. The van der Waals surface area contributed by atoms with Gasteiger partial charge in [0.25, 0.3) is 0 Å². The van der Waals surface area contributed by atoms with Crippen molar-refractivity contribution in [2.45, 2.75) is 6.54 Å². The van der Waals surface area contributed by atoms with Gasteiger partial charge in [-0.25, -0.2) is 4.98 Å². The molecule has 7 heteroatoms. The van der Waals surface area contributed by atoms with E-state index in [9.17, 15) is 0 Å². The summed E-state index contributed by atoms with van der Waals surface area (Å²) in [6.45, 7) is 0.531. The first-order valence-electron chi connectivity index (χ1n) is 5.02. The van der Waals surface area contributed by atoms with Gasteiger partial charge in [0.05, 0.1) is 10.0 Å². The van der Waals surface area contributed by atoms with Crippen LogP contribution >= 0.6 is 34.8 Å². The summed E-state index contributed by atoms with van der Waals surface area (Å²) in [6.07, 6.45) is 0. The Morgan fingerprint density at radius 1 is 1.06 bits per heavy atom. The van der Waals surface area contributed by atoms with E-state index in [2.05, 4.69) is 15.3 Å². The maximum absolute atomic E-state index is 5.92. The lowest BCUT2D eigenvalue weighted by Gasteiger charge is -2.07. The van der Waals surface area contributed by atoms with Crippen LogP contribution in [-0.2, 0) is 6.54 Å². The zero-order valence-corrected chi connectivity index (χ0v) is 11.4. The Bertz CT molecular complexity index is 554.